The van der Waals surface area contributed by atoms with E-state index in [1.807, 2.05) is 147 Å². The number of hydrogen-bond acceptors (Lipinski definition) is 19. The highest BCUT2D eigenvalue weighted by Gasteiger charge is 2.22. The van der Waals surface area contributed by atoms with E-state index in [-0.39, 0.29) is 103 Å². The summed E-state index contributed by atoms with van der Waals surface area (Å²) in [5.74, 6) is 12.6. The van der Waals surface area contributed by atoms with Crippen molar-refractivity contribution in [3.05, 3.63) is 389 Å². The molecule has 0 atom stereocenters. The lowest BCUT2D eigenvalue weighted by Gasteiger charge is -2.27. The van der Waals surface area contributed by atoms with Crippen molar-refractivity contribution in [2.24, 2.45) is 0 Å². The molecule has 0 aliphatic rings. The van der Waals surface area contributed by atoms with E-state index in [1.54, 1.807) is 91.0 Å². The highest BCUT2D eigenvalue weighted by atomic mass is 19.1. The van der Waals surface area contributed by atoms with Crippen LogP contribution >= 0.6 is 0 Å². The minimum absolute atomic E-state index is 0.0345. The van der Waals surface area contributed by atoms with Gasteiger partial charge in [-0.15, -0.1) is 38.5 Å². The summed E-state index contributed by atoms with van der Waals surface area (Å²) in [5, 5.41) is 9.36. The number of hydrogen-bond donors (Lipinski definition) is 0. The van der Waals surface area contributed by atoms with Gasteiger partial charge in [-0.05, 0) is 275 Å². The molecule has 25 heteroatoms. The lowest BCUT2D eigenvalue weighted by Crippen LogP contribution is -2.25. The lowest BCUT2D eigenvalue weighted by molar-refractivity contribution is -0.140. The molecule has 0 aliphatic carbocycles. The number of ether oxygens (including phenoxy) is 6. The maximum atomic E-state index is 13.1. The number of esters is 6. The molecular formula is C122H121F6N7O12. The topological polar surface area (TPSA) is 201 Å². The van der Waals surface area contributed by atoms with Crippen molar-refractivity contribution in [3.8, 4) is 80.1 Å². The summed E-state index contributed by atoms with van der Waals surface area (Å²) in [7, 11) is 8.21. The first-order valence-corrected chi connectivity index (χ1v) is 46.5. The fourth-order valence-electron chi connectivity index (χ4n) is 15.8. The van der Waals surface area contributed by atoms with Crippen molar-refractivity contribution in [1.82, 2.24) is 0 Å². The van der Waals surface area contributed by atoms with E-state index in [1.165, 1.54) is 115 Å². The maximum absolute atomic E-state index is 13.1. The van der Waals surface area contributed by atoms with Crippen LogP contribution in [0.25, 0.3) is 0 Å². The molecule has 0 bridgehead atoms. The number of anilines is 6. The molecule has 0 radical (unpaired) electrons. The van der Waals surface area contributed by atoms with Crippen molar-refractivity contribution in [2.75, 3.05) is 111 Å². The number of terminal acetylenes is 6. The van der Waals surface area contributed by atoms with Crippen molar-refractivity contribution in [3.63, 3.8) is 0 Å². The normalized spacial score (nSPS) is 10.1. The van der Waals surface area contributed by atoms with Crippen LogP contribution in [-0.2, 0) is 135 Å². The number of halogens is 6. The second-order valence-corrected chi connectivity index (χ2v) is 34.1. The average molecular weight is 1990 g/mol. The van der Waals surface area contributed by atoms with E-state index >= 15 is 0 Å². The fourth-order valence-corrected chi connectivity index (χ4v) is 15.8. The van der Waals surface area contributed by atoms with Crippen LogP contribution in [-0.4, -0.2) is 118 Å². The number of carbonyl (C=O) groups is 6. The minimum Gasteiger partial charge on any atom is -0.469 e. The molecule has 0 unspecified atom stereocenters. The third kappa shape index (κ3) is 38.8. The largest absolute Gasteiger partial charge is 0.469 e. The molecule has 0 aromatic heterocycles. The molecule has 0 aliphatic heterocycles. The van der Waals surface area contributed by atoms with Gasteiger partial charge >= 0.3 is 35.8 Å². The molecule has 147 heavy (non-hydrogen) atoms. The van der Waals surface area contributed by atoms with Gasteiger partial charge in [0.25, 0.3) is 0 Å². The van der Waals surface area contributed by atoms with Gasteiger partial charge in [0, 0.05) is 73.4 Å². The Balaban J connectivity index is 0.000000239. The van der Waals surface area contributed by atoms with Gasteiger partial charge in [-0.1, -0.05) is 157 Å². The number of carbonyl (C=O) groups excluding carboxylic acids is 6. The van der Waals surface area contributed by atoms with Crippen molar-refractivity contribution in [2.45, 2.75) is 126 Å². The van der Waals surface area contributed by atoms with Gasteiger partial charge in [0.15, 0.2) is 0 Å². The monoisotopic (exact) mass is 1990 g/mol. The van der Waals surface area contributed by atoms with Crippen LogP contribution in [0, 0.1) is 169 Å². The maximum Gasteiger partial charge on any atom is 0.310 e. The number of nitrogens with zero attached hydrogens (tertiary/aromatic N) is 7. The molecule has 12 aromatic carbocycles. The molecule has 12 rings (SSSR count). The molecule has 0 saturated heterocycles. The predicted molar refractivity (Wildman–Crippen MR) is 569 cm³/mol. The number of methoxy groups -OCH3 is 6. The Morgan fingerprint density at radius 2 is 0.497 bits per heavy atom. The molecule has 758 valence electrons. The minimum atomic E-state index is -0.406. The van der Waals surface area contributed by atoms with Crippen LogP contribution in [0.4, 0.5) is 60.5 Å². The van der Waals surface area contributed by atoms with Gasteiger partial charge in [-0.2, -0.15) is 5.26 Å². The first kappa shape index (κ1) is 117. The van der Waals surface area contributed by atoms with Crippen LogP contribution in [0.2, 0.25) is 0 Å². The van der Waals surface area contributed by atoms with E-state index in [4.69, 9.17) is 62.2 Å². The quantitative estimate of drug-likeness (QED) is 0.0155. The Hall–Kier alpha value is -17.3. The molecule has 19 nitrogen and oxygen atoms in total. The van der Waals surface area contributed by atoms with Gasteiger partial charge in [0.05, 0.1) is 132 Å². The third-order valence-electron chi connectivity index (χ3n) is 23.2. The predicted octanol–water partition coefficient (Wildman–Crippen LogP) is 21.1. The molecule has 0 saturated carbocycles. The van der Waals surface area contributed by atoms with Crippen LogP contribution < -0.4 is 29.4 Å². The molecule has 0 heterocycles. The summed E-state index contributed by atoms with van der Waals surface area (Å²) in [5.41, 5.74) is 24.2. The number of aryl methyl sites for hydroxylation is 7. The van der Waals surface area contributed by atoms with E-state index in [9.17, 15) is 60.4 Å². The second kappa shape index (κ2) is 60.9. The first-order chi connectivity index (χ1) is 70.5. The van der Waals surface area contributed by atoms with Crippen LogP contribution in [0.1, 0.15) is 111 Å². The van der Waals surface area contributed by atoms with Gasteiger partial charge in [0.1, 0.15) is 34.9 Å². The van der Waals surface area contributed by atoms with Crippen molar-refractivity contribution < 1.29 is 83.5 Å². The molecule has 0 N–H and O–H groups in total. The highest BCUT2D eigenvalue weighted by molar-refractivity contribution is 5.78. The van der Waals surface area contributed by atoms with Crippen LogP contribution in [0.15, 0.2) is 243 Å². The Kier molecular flexibility index (Phi) is 48.3. The SMILES string of the molecule is C#CCN(Cc1ccc(F)cc1)c1c(C)cc(CC(=O)OC)cc1C.C#CCN(Cc1ccc(F)cc1)c1cc(C)c(CC(=O)OC)c(C)c1.C#CCN(Cc1ccc(F)cc1)c1ccc(CC(=O)OC)c(C#N)c1.C#CCN(Cc1ccc(F)cc1)c1ccc(CC(=O)OC)c(C)c1.C#CCN(Cc1ccc(F)cc1)c1ccc(CC(=O)OC)cc1C.C#CCN(Cc1ccc(F)cc1)c1ccc(CC(=O)OC)cc1C. The third-order valence-corrected chi connectivity index (χ3v) is 23.2. The first-order valence-electron chi connectivity index (χ1n) is 46.5. The van der Waals surface area contributed by atoms with Crippen LogP contribution in [0.3, 0.4) is 0 Å². The second-order valence-electron chi connectivity index (χ2n) is 34.1. The van der Waals surface area contributed by atoms with Gasteiger partial charge in [0.2, 0.25) is 0 Å². The Morgan fingerprint density at radius 1 is 0.252 bits per heavy atom. The van der Waals surface area contributed by atoms with E-state index in [0.717, 1.165) is 134 Å². The molecule has 0 spiro atoms. The number of nitriles is 1. The summed E-state index contributed by atoms with van der Waals surface area (Å²) in [6.45, 7) is 19.8. The number of rotatable bonds is 36. The van der Waals surface area contributed by atoms with Crippen molar-refractivity contribution in [1.29, 1.82) is 5.26 Å². The molecule has 12 aromatic rings. The van der Waals surface area contributed by atoms with E-state index in [0.29, 0.717) is 89.7 Å². The summed E-state index contributed by atoms with van der Waals surface area (Å²) in [6.07, 6.45) is 34.2. The average Bonchev–Trinajstić information content (AvgIpc) is 0.793. The van der Waals surface area contributed by atoms with E-state index < -0.39 is 5.97 Å². The molecule has 0 amide bonds. The van der Waals surface area contributed by atoms with Gasteiger partial charge in [-0.25, -0.2) is 26.3 Å². The highest BCUT2D eigenvalue weighted by Crippen LogP contribution is 2.33. The Labute approximate surface area is 860 Å². The standard InChI is InChI=1S/2C21H22FNO2.C20H17FN2O2.3C20H20FNO2/c1-5-10-23(14-17-6-8-19(22)9-7-17)21-15(2)11-18(12-16(21)3)13-20(24)25-4;1-5-10-23(14-17-6-8-18(22)9-7-17)19-11-15(2)20(16(3)12-19)13-21(24)25-4;1-3-10-23(14-15-4-7-18(21)8-5-15)19-9-6-16(12-20(24)25-2)17(11-19)13-22;1-4-11-22(14-16-5-8-18(21)9-6-16)19-10-7-17(15(2)12-19)13-20(23)24-3;2*1-4-11-22(14-16-5-8-18(21)9-6-16)19-10-7-17(12-15(19)2)13-20(23)24-3/h2*1,6-9,11-12H,10,13-14H2,2-4H3;1,4-9,11H,10,12,14H2,2H3;3*1,5-10,12H,11,13-14H2,2-3H3. The Bertz CT molecular complexity index is 6570. The summed E-state index contributed by atoms with van der Waals surface area (Å²) >= 11 is 0. The van der Waals surface area contributed by atoms with Crippen molar-refractivity contribution >= 4 is 69.9 Å². The Morgan fingerprint density at radius 3 is 0.803 bits per heavy atom. The zero-order valence-corrected chi connectivity index (χ0v) is 85.1. The smallest absolute Gasteiger partial charge is 0.310 e. The number of benzene rings is 12. The lowest BCUT2D eigenvalue weighted by atomic mass is 9.98. The summed E-state index contributed by atoms with van der Waals surface area (Å²) in [4.78, 5) is 80.9. The van der Waals surface area contributed by atoms with E-state index in [2.05, 4.69) is 56.1 Å². The zero-order chi connectivity index (χ0) is 108. The van der Waals surface area contributed by atoms with Crippen LogP contribution in [0.5, 0.6) is 0 Å². The van der Waals surface area contributed by atoms with Gasteiger partial charge in [-0.3, -0.25) is 28.8 Å². The fraction of sp³-hybridized carbons (Fsp3) is 0.254. The molecule has 0 fully saturated rings. The summed E-state index contributed by atoms with van der Waals surface area (Å²) < 4.78 is 107. The molecular weight excluding hydrogens is 1870 g/mol. The summed E-state index contributed by atoms with van der Waals surface area (Å²) in [6, 6.07) is 70.9. The zero-order valence-electron chi connectivity index (χ0n) is 85.1. The van der Waals surface area contributed by atoms with Gasteiger partial charge < -0.3 is 57.8 Å².